The van der Waals surface area contributed by atoms with E-state index >= 15 is 0 Å². The van der Waals surface area contributed by atoms with E-state index in [1.807, 2.05) is 75.3 Å². The predicted octanol–water partition coefficient (Wildman–Crippen LogP) is 11.0. The number of aromatic nitrogens is 2. The Labute approximate surface area is 388 Å². The van der Waals surface area contributed by atoms with Gasteiger partial charge in [0.15, 0.2) is 11.5 Å². The Kier molecular flexibility index (Phi) is 15.6. The van der Waals surface area contributed by atoms with E-state index in [9.17, 15) is 17.2 Å². The molecule has 16 heteroatoms. The summed E-state index contributed by atoms with van der Waals surface area (Å²) in [5.74, 6) is 0.583. The molecule has 5 heterocycles. The maximum atomic E-state index is 13.4. The van der Waals surface area contributed by atoms with E-state index in [-0.39, 0.29) is 30.5 Å². The lowest BCUT2D eigenvalue weighted by Gasteiger charge is -2.38. The molecule has 0 amide bonds. The Morgan fingerprint density at radius 2 is 1.19 bits per heavy atom. The highest BCUT2D eigenvalue weighted by Crippen LogP contribution is 2.46. The number of nitrogens with one attached hydrogen (secondary N) is 2. The lowest BCUT2D eigenvalue weighted by atomic mass is 9.76. The second kappa shape index (κ2) is 19.6. The van der Waals surface area contributed by atoms with Crippen molar-refractivity contribution in [3.05, 3.63) is 113 Å². The molecule has 0 saturated carbocycles. The smallest absolute Gasteiger partial charge is 0.489 e. The maximum absolute atomic E-state index is 13.4. The Morgan fingerprint density at radius 1 is 0.766 bits per heavy atom. The summed E-state index contributed by atoms with van der Waals surface area (Å²) in [6.45, 7) is 33.9. The number of halogens is 3. The molecular formula is C48H62BClF2N4O6S2. The summed E-state index contributed by atoms with van der Waals surface area (Å²) in [5.41, 5.74) is 5.45. The third kappa shape index (κ3) is 12.3. The molecule has 3 aliphatic rings. The summed E-state index contributed by atoms with van der Waals surface area (Å²) in [7, 11) is -2.76. The number of ether oxygens (including phenoxy) is 2. The molecule has 0 bridgehead atoms. The van der Waals surface area contributed by atoms with Gasteiger partial charge in [-0.05, 0) is 163 Å². The monoisotopic (exact) mass is 938 g/mol. The average Bonchev–Trinajstić information content (AvgIpc) is 3.69. The molecule has 0 radical (unpaired) electrons. The molecule has 7 rings (SSSR count). The third-order valence-corrected chi connectivity index (χ3v) is 14.2. The van der Waals surface area contributed by atoms with E-state index in [4.69, 9.17) is 30.4 Å². The minimum atomic E-state index is -1.28. The zero-order valence-electron chi connectivity index (χ0n) is 39.3. The van der Waals surface area contributed by atoms with Gasteiger partial charge in [-0.2, -0.15) is 0 Å². The minimum Gasteiger partial charge on any atom is -0.489 e. The van der Waals surface area contributed by atoms with Gasteiger partial charge < -0.3 is 18.8 Å². The number of rotatable bonds is 8. The quantitative estimate of drug-likeness (QED) is 0.132. The number of hydrogen-bond acceptors (Lipinski definition) is 8. The Balaban J connectivity index is 0.000000193. The van der Waals surface area contributed by atoms with Crippen LogP contribution in [0.4, 0.5) is 8.78 Å². The molecule has 346 valence electrons. The van der Waals surface area contributed by atoms with Crippen LogP contribution in [0.3, 0.4) is 0 Å². The summed E-state index contributed by atoms with van der Waals surface area (Å²) >= 11 is 6.22. The normalized spacial score (nSPS) is 22.0. The van der Waals surface area contributed by atoms with Crippen molar-refractivity contribution in [3.63, 3.8) is 0 Å². The molecule has 2 N–H and O–H groups in total. The van der Waals surface area contributed by atoms with Crippen LogP contribution in [-0.2, 0) is 42.4 Å². The van der Waals surface area contributed by atoms with E-state index < -0.39 is 42.5 Å². The van der Waals surface area contributed by atoms with Crippen LogP contribution in [0.15, 0.2) is 79.3 Å². The van der Waals surface area contributed by atoms with Crippen molar-refractivity contribution in [2.75, 3.05) is 13.2 Å². The topological polar surface area (TPSA) is 121 Å². The highest BCUT2D eigenvalue weighted by Gasteiger charge is 2.43. The fourth-order valence-electron chi connectivity index (χ4n) is 6.98. The van der Waals surface area contributed by atoms with E-state index in [0.29, 0.717) is 46.8 Å². The van der Waals surface area contributed by atoms with Crippen LogP contribution in [0.5, 0.6) is 11.5 Å². The average molecular weight is 939 g/mol. The molecule has 2 aromatic carbocycles. The van der Waals surface area contributed by atoms with Crippen LogP contribution in [0.25, 0.3) is 28.1 Å². The predicted molar refractivity (Wildman–Crippen MR) is 258 cm³/mol. The molecule has 5 atom stereocenters. The van der Waals surface area contributed by atoms with Crippen LogP contribution < -0.4 is 18.9 Å². The molecule has 3 aliphatic heterocycles. The van der Waals surface area contributed by atoms with Gasteiger partial charge in [-0.15, -0.1) is 6.58 Å². The van der Waals surface area contributed by atoms with Crippen molar-refractivity contribution in [2.45, 2.75) is 129 Å². The van der Waals surface area contributed by atoms with E-state index in [2.05, 4.69) is 53.3 Å². The van der Waals surface area contributed by atoms with Gasteiger partial charge >= 0.3 is 7.12 Å². The Bertz CT molecular complexity index is 2430. The second-order valence-electron chi connectivity index (χ2n) is 19.6. The van der Waals surface area contributed by atoms with Crippen molar-refractivity contribution < 1.29 is 36.0 Å². The number of benzene rings is 2. The first-order chi connectivity index (χ1) is 29.5. The minimum absolute atomic E-state index is 0.0821. The lowest BCUT2D eigenvalue weighted by Crippen LogP contribution is -2.47. The van der Waals surface area contributed by atoms with E-state index in [1.165, 1.54) is 24.3 Å². The Morgan fingerprint density at radius 3 is 1.58 bits per heavy atom. The van der Waals surface area contributed by atoms with Gasteiger partial charge in [0.05, 0.1) is 53.8 Å². The first kappa shape index (κ1) is 51.2. The molecule has 1 saturated heterocycles. The van der Waals surface area contributed by atoms with Gasteiger partial charge in [0.25, 0.3) is 0 Å². The molecule has 2 aromatic heterocycles. The largest absolute Gasteiger partial charge is 0.489 e. The Hall–Kier alpha value is -3.83. The molecule has 0 spiro atoms. The number of nitrogens with zero attached hydrogens (tertiary/aromatic N) is 2. The molecule has 64 heavy (non-hydrogen) atoms. The standard InChI is InChI=1S/C21H25FN2O2S.C18H20ClFN2O2S.C9H17BO2/c1-13(2)17-11-16-19(18(23-17)14-7-9-15(22)10-8-14)26-12-21(16,6)24-27(25)20(3,4)5;1-17(2,3)25(23)22-18(4)10-24-16-13(18)9-14(19)21-15(16)11-5-7-12(20)8-6-11;1-7(2)10-11-8(3)6-9(4,5)12-10/h7-11,24H,1,12H2,2-6H3;5-9,22H,10H2,1-4H3;8H,1,6H2,2-5H3/t21-,27+;18-,25+;/m00./s1. The van der Waals surface area contributed by atoms with Crippen LogP contribution in [-0.4, -0.2) is 59.9 Å². The summed E-state index contributed by atoms with van der Waals surface area (Å²) in [6.07, 6.45) is 1.20. The van der Waals surface area contributed by atoms with Crippen LogP contribution in [0.2, 0.25) is 5.15 Å². The number of hydrogen-bond donors (Lipinski definition) is 2. The van der Waals surface area contributed by atoms with Crippen LogP contribution in [0.1, 0.15) is 113 Å². The molecule has 10 nitrogen and oxygen atoms in total. The molecule has 0 aliphatic carbocycles. The van der Waals surface area contributed by atoms with Gasteiger partial charge in [-0.25, -0.2) is 36.6 Å². The molecule has 1 fully saturated rings. The third-order valence-electron chi connectivity index (χ3n) is 10.5. The van der Waals surface area contributed by atoms with Gasteiger partial charge in [-0.1, -0.05) is 23.7 Å². The number of allylic oxidation sites excluding steroid dienone is 2. The lowest BCUT2D eigenvalue weighted by molar-refractivity contribution is -0.0249. The highest BCUT2D eigenvalue weighted by molar-refractivity contribution is 7.84. The summed E-state index contributed by atoms with van der Waals surface area (Å²) < 4.78 is 80.6. The van der Waals surface area contributed by atoms with Gasteiger partial charge in [0, 0.05) is 28.4 Å². The van der Waals surface area contributed by atoms with Crippen LogP contribution in [0, 0.1) is 11.6 Å². The highest BCUT2D eigenvalue weighted by atomic mass is 35.5. The summed E-state index contributed by atoms with van der Waals surface area (Å²) in [4.78, 5) is 9.04. The second-order valence-corrected chi connectivity index (χ2v) is 23.9. The van der Waals surface area contributed by atoms with Crippen molar-refractivity contribution >= 4 is 46.3 Å². The zero-order chi connectivity index (χ0) is 47.7. The number of pyridine rings is 2. The van der Waals surface area contributed by atoms with Gasteiger partial charge in [0.1, 0.15) is 41.4 Å². The van der Waals surface area contributed by atoms with Crippen molar-refractivity contribution in [1.82, 2.24) is 19.4 Å². The first-order valence-corrected chi connectivity index (χ1v) is 23.8. The van der Waals surface area contributed by atoms with Gasteiger partial charge in [0.2, 0.25) is 0 Å². The fraction of sp³-hybridized carbons (Fsp3) is 0.458. The van der Waals surface area contributed by atoms with E-state index in [1.54, 1.807) is 30.3 Å². The number of fused-ring (bicyclic) bond motifs is 2. The molecule has 4 aromatic rings. The van der Waals surface area contributed by atoms with Gasteiger partial charge in [-0.3, -0.25) is 0 Å². The van der Waals surface area contributed by atoms with E-state index in [0.717, 1.165) is 39.9 Å². The SMILES string of the molecule is C=C(C)B1OC(C)CC(C)(C)O1.C=C(C)c1cc2c(c(-c3ccc(F)cc3)n1)OC[C@]2(C)N[S@](=O)C(C)(C)C.CC(C)(C)[S@@](=O)N[C@@]1(C)COc2c1cc(Cl)nc2-c1ccc(F)cc1. The summed E-state index contributed by atoms with van der Waals surface area (Å²) in [5, 5.41) is 0.304. The van der Waals surface area contributed by atoms with Crippen LogP contribution >= 0.6 is 11.6 Å². The molecular weight excluding hydrogens is 877 g/mol. The van der Waals surface area contributed by atoms with Crippen molar-refractivity contribution in [3.8, 4) is 34.0 Å². The first-order valence-electron chi connectivity index (χ1n) is 21.1. The fourth-order valence-corrected chi connectivity index (χ4v) is 8.94. The zero-order valence-corrected chi connectivity index (χ0v) is 41.6. The molecule has 1 unspecified atom stereocenters. The van der Waals surface area contributed by atoms with Crippen molar-refractivity contribution in [1.29, 1.82) is 0 Å². The van der Waals surface area contributed by atoms with Crippen molar-refractivity contribution in [2.24, 2.45) is 0 Å². The maximum Gasteiger partial charge on any atom is 0.489 e. The summed E-state index contributed by atoms with van der Waals surface area (Å²) in [6, 6.07) is 15.8.